The van der Waals surface area contributed by atoms with Gasteiger partial charge in [0.25, 0.3) is 0 Å². The minimum absolute atomic E-state index is 0.102. The molecular weight excluding hydrogens is 320 g/mol. The predicted molar refractivity (Wildman–Crippen MR) is 94.4 cm³/mol. The van der Waals surface area contributed by atoms with Crippen molar-refractivity contribution in [2.75, 3.05) is 13.2 Å². The minimum Gasteiger partial charge on any atom is -0.507 e. The Morgan fingerprint density at radius 1 is 1.12 bits per heavy atom. The van der Waals surface area contributed by atoms with Crippen LogP contribution in [0.2, 0.25) is 0 Å². The number of benzene rings is 3. The third-order valence-corrected chi connectivity index (χ3v) is 4.46. The van der Waals surface area contributed by atoms with Gasteiger partial charge in [-0.15, -0.1) is 0 Å². The summed E-state index contributed by atoms with van der Waals surface area (Å²) < 4.78 is 16.7. The van der Waals surface area contributed by atoms with Crippen molar-refractivity contribution < 1.29 is 19.0 Å². The van der Waals surface area contributed by atoms with Crippen molar-refractivity contribution in [3.63, 3.8) is 0 Å². The smallest absolute Gasteiger partial charge is 0.204 e. The van der Waals surface area contributed by atoms with Crippen LogP contribution in [0.1, 0.15) is 0 Å². The lowest BCUT2D eigenvalue weighted by Crippen LogP contribution is -2.06. The molecule has 5 nitrogen and oxygen atoms in total. The van der Waals surface area contributed by atoms with Gasteiger partial charge in [-0.05, 0) is 11.5 Å². The number of phenols is 1. The Hall–Kier alpha value is -3.05. The van der Waals surface area contributed by atoms with Crippen LogP contribution in [0.4, 0.5) is 0 Å². The molecule has 0 aliphatic carbocycles. The summed E-state index contributed by atoms with van der Waals surface area (Å²) in [6.07, 6.45) is 0.102. The Morgan fingerprint density at radius 2 is 1.96 bits per heavy atom. The highest BCUT2D eigenvalue weighted by atomic mass is 16.6. The molecule has 124 valence electrons. The van der Waals surface area contributed by atoms with Crippen LogP contribution >= 0.6 is 0 Å². The van der Waals surface area contributed by atoms with Gasteiger partial charge in [-0.1, -0.05) is 30.3 Å². The Bertz CT molecular complexity index is 1190. The number of aromatic hydroxyl groups is 1. The summed E-state index contributed by atoms with van der Waals surface area (Å²) in [6.45, 7) is 1.09. The van der Waals surface area contributed by atoms with Crippen LogP contribution in [0.25, 0.3) is 32.7 Å². The molecule has 1 N–H and O–H groups in total. The second-order valence-electron chi connectivity index (χ2n) is 6.18. The van der Waals surface area contributed by atoms with E-state index in [1.807, 2.05) is 30.3 Å². The molecule has 25 heavy (non-hydrogen) atoms. The molecule has 5 heteroatoms. The number of rotatable bonds is 3. The molecule has 0 saturated carbocycles. The normalized spacial score (nSPS) is 16.6. The van der Waals surface area contributed by atoms with Gasteiger partial charge in [-0.3, -0.25) is 4.79 Å². The van der Waals surface area contributed by atoms with Gasteiger partial charge in [0, 0.05) is 17.5 Å². The van der Waals surface area contributed by atoms with E-state index in [9.17, 15) is 9.90 Å². The zero-order valence-corrected chi connectivity index (χ0v) is 13.2. The first-order valence-electron chi connectivity index (χ1n) is 8.06. The van der Waals surface area contributed by atoms with Gasteiger partial charge in [-0.2, -0.15) is 0 Å². The van der Waals surface area contributed by atoms with Crippen molar-refractivity contribution in [3.05, 3.63) is 58.8 Å². The van der Waals surface area contributed by atoms with E-state index in [4.69, 9.17) is 13.9 Å². The molecule has 1 saturated heterocycles. The lowest BCUT2D eigenvalue weighted by atomic mass is 10.1. The molecule has 1 unspecified atom stereocenters. The predicted octanol–water partition coefficient (Wildman–Crippen LogP) is 3.58. The highest BCUT2D eigenvalue weighted by Gasteiger charge is 2.23. The van der Waals surface area contributed by atoms with Crippen molar-refractivity contribution in [2.45, 2.75) is 6.10 Å². The first-order chi connectivity index (χ1) is 12.2. The Balaban J connectivity index is 1.79. The SMILES string of the molecule is O=c1c2ccc3ccccc3c2oc2cc(OCC3CO3)cc(O)c12. The monoisotopic (exact) mass is 334 g/mol. The quantitative estimate of drug-likeness (QED) is 0.352. The first-order valence-corrected chi connectivity index (χ1v) is 8.06. The second kappa shape index (κ2) is 5.22. The molecule has 0 bridgehead atoms. The van der Waals surface area contributed by atoms with Gasteiger partial charge < -0.3 is 19.0 Å². The summed E-state index contributed by atoms with van der Waals surface area (Å²) in [5.41, 5.74) is 0.565. The summed E-state index contributed by atoms with van der Waals surface area (Å²) in [4.78, 5) is 12.9. The average Bonchev–Trinajstić information content (AvgIpc) is 3.44. The topological polar surface area (TPSA) is 72.2 Å². The van der Waals surface area contributed by atoms with Gasteiger partial charge in [0.05, 0.1) is 12.0 Å². The zero-order chi connectivity index (χ0) is 17.0. The third kappa shape index (κ3) is 2.32. The van der Waals surface area contributed by atoms with E-state index in [-0.39, 0.29) is 22.7 Å². The molecule has 1 atom stereocenters. The Kier molecular flexibility index (Phi) is 2.99. The van der Waals surface area contributed by atoms with Crippen molar-refractivity contribution in [2.24, 2.45) is 0 Å². The lowest BCUT2D eigenvalue weighted by molar-refractivity contribution is 0.262. The van der Waals surface area contributed by atoms with E-state index in [2.05, 4.69) is 0 Å². The molecule has 2 heterocycles. The fourth-order valence-electron chi connectivity index (χ4n) is 3.10. The fourth-order valence-corrected chi connectivity index (χ4v) is 3.10. The largest absolute Gasteiger partial charge is 0.507 e. The van der Waals surface area contributed by atoms with Crippen LogP contribution in [0.5, 0.6) is 11.5 Å². The summed E-state index contributed by atoms with van der Waals surface area (Å²) in [6, 6.07) is 14.4. The molecular formula is C20H14O5. The van der Waals surface area contributed by atoms with Crippen LogP contribution in [-0.4, -0.2) is 24.4 Å². The minimum atomic E-state index is -0.253. The van der Waals surface area contributed by atoms with Crippen LogP contribution in [0.3, 0.4) is 0 Å². The van der Waals surface area contributed by atoms with Crippen molar-refractivity contribution >= 4 is 32.7 Å². The highest BCUT2D eigenvalue weighted by Crippen LogP contribution is 2.33. The van der Waals surface area contributed by atoms with Crippen LogP contribution < -0.4 is 10.2 Å². The van der Waals surface area contributed by atoms with Crippen molar-refractivity contribution in [1.29, 1.82) is 0 Å². The number of hydrogen-bond donors (Lipinski definition) is 1. The van der Waals surface area contributed by atoms with E-state index in [1.165, 1.54) is 6.07 Å². The summed E-state index contributed by atoms with van der Waals surface area (Å²) in [7, 11) is 0. The van der Waals surface area contributed by atoms with Gasteiger partial charge >= 0.3 is 0 Å². The van der Waals surface area contributed by atoms with Crippen LogP contribution in [0.15, 0.2) is 57.7 Å². The first kappa shape index (κ1) is 14.3. The van der Waals surface area contributed by atoms with E-state index < -0.39 is 0 Å². The molecule has 3 aromatic carbocycles. The Morgan fingerprint density at radius 3 is 2.80 bits per heavy atom. The van der Waals surface area contributed by atoms with Crippen molar-refractivity contribution in [3.8, 4) is 11.5 Å². The highest BCUT2D eigenvalue weighted by molar-refractivity contribution is 6.07. The van der Waals surface area contributed by atoms with Crippen LogP contribution in [0, 0.1) is 0 Å². The van der Waals surface area contributed by atoms with Crippen LogP contribution in [-0.2, 0) is 4.74 Å². The summed E-state index contributed by atoms with van der Waals surface area (Å²) in [5, 5.41) is 12.8. The number of ether oxygens (including phenoxy) is 2. The maximum absolute atomic E-state index is 12.9. The molecule has 0 amide bonds. The van der Waals surface area contributed by atoms with E-state index in [0.717, 1.165) is 10.8 Å². The van der Waals surface area contributed by atoms with E-state index >= 15 is 0 Å². The molecule has 1 aliphatic heterocycles. The molecule has 0 spiro atoms. The summed E-state index contributed by atoms with van der Waals surface area (Å²) >= 11 is 0. The maximum Gasteiger partial charge on any atom is 0.204 e. The Labute approximate surface area is 142 Å². The number of fused-ring (bicyclic) bond motifs is 4. The second-order valence-corrected chi connectivity index (χ2v) is 6.18. The molecule has 1 aliphatic rings. The van der Waals surface area contributed by atoms with E-state index in [0.29, 0.717) is 35.5 Å². The van der Waals surface area contributed by atoms with Gasteiger partial charge in [-0.25, -0.2) is 0 Å². The molecule has 0 radical (unpaired) electrons. The lowest BCUT2D eigenvalue weighted by Gasteiger charge is -2.09. The number of epoxide rings is 1. The standard InChI is InChI=1S/C20H14O5/c21-16-7-12(23-9-13-10-24-13)8-17-18(16)19(22)15-6-5-11-3-1-2-4-14(11)20(15)25-17/h1-8,13,21H,9-10H2. The maximum atomic E-state index is 12.9. The van der Waals surface area contributed by atoms with E-state index in [1.54, 1.807) is 12.1 Å². The van der Waals surface area contributed by atoms with Gasteiger partial charge in [0.2, 0.25) is 5.43 Å². The van der Waals surface area contributed by atoms with Gasteiger partial charge in [0.15, 0.2) is 0 Å². The fraction of sp³-hybridized carbons (Fsp3) is 0.150. The molecule has 5 rings (SSSR count). The zero-order valence-electron chi connectivity index (χ0n) is 13.2. The molecule has 1 fully saturated rings. The summed E-state index contributed by atoms with van der Waals surface area (Å²) in [5.74, 6) is 0.302. The third-order valence-electron chi connectivity index (χ3n) is 4.46. The van der Waals surface area contributed by atoms with Gasteiger partial charge in [0.1, 0.15) is 40.8 Å². The number of phenolic OH excluding ortho intramolecular Hbond substituents is 1. The average molecular weight is 334 g/mol. The number of hydrogen-bond acceptors (Lipinski definition) is 5. The van der Waals surface area contributed by atoms with Crippen molar-refractivity contribution in [1.82, 2.24) is 0 Å². The molecule has 4 aromatic rings. The molecule has 1 aromatic heterocycles.